The van der Waals surface area contributed by atoms with Gasteiger partial charge in [-0.2, -0.15) is 0 Å². The number of hydrogen-bond donors (Lipinski definition) is 0. The Kier molecular flexibility index (Phi) is 6.79. The third kappa shape index (κ3) is 4.76. The maximum absolute atomic E-state index is 4.96. The summed E-state index contributed by atoms with van der Waals surface area (Å²) >= 11 is 0. The van der Waals surface area contributed by atoms with Gasteiger partial charge >= 0.3 is 0 Å². The van der Waals surface area contributed by atoms with Gasteiger partial charge < -0.3 is 9.13 Å². The summed E-state index contributed by atoms with van der Waals surface area (Å²) in [6, 6.07) is 66.3. The van der Waals surface area contributed by atoms with Crippen LogP contribution >= 0.6 is 0 Å². The summed E-state index contributed by atoms with van der Waals surface area (Å²) in [5.41, 5.74) is 9.82. The predicted molar refractivity (Wildman–Crippen MR) is 222 cm³/mol. The van der Waals surface area contributed by atoms with Crippen molar-refractivity contribution in [2.24, 2.45) is 0 Å². The molecule has 8 aromatic carbocycles. The van der Waals surface area contributed by atoms with E-state index >= 15 is 0 Å². The molecular formula is C49H31N5. The molecule has 0 unspecified atom stereocenters. The van der Waals surface area contributed by atoms with Crippen molar-refractivity contribution >= 4 is 54.4 Å². The van der Waals surface area contributed by atoms with Crippen LogP contribution in [0.2, 0.25) is 0 Å². The minimum atomic E-state index is 0.639. The van der Waals surface area contributed by atoms with Crippen molar-refractivity contribution in [2.75, 3.05) is 0 Å². The molecule has 5 nitrogen and oxygen atoms in total. The maximum atomic E-state index is 4.96. The molecule has 0 saturated heterocycles. The average molecular weight is 690 g/mol. The Bertz CT molecular complexity index is 3080. The zero-order valence-electron chi connectivity index (χ0n) is 29.1. The molecule has 0 aliphatic carbocycles. The van der Waals surface area contributed by atoms with E-state index in [0.29, 0.717) is 17.5 Å². The number of rotatable bonds is 5. The van der Waals surface area contributed by atoms with Gasteiger partial charge in [-0.3, -0.25) is 0 Å². The lowest BCUT2D eigenvalue weighted by atomic mass is 10.0. The van der Waals surface area contributed by atoms with Crippen LogP contribution in [0.25, 0.3) is 99.9 Å². The second kappa shape index (κ2) is 12.1. The van der Waals surface area contributed by atoms with E-state index in [9.17, 15) is 0 Å². The highest BCUT2D eigenvalue weighted by molar-refractivity contribution is 6.16. The van der Waals surface area contributed by atoms with Crippen LogP contribution < -0.4 is 0 Å². The fourth-order valence-electron chi connectivity index (χ4n) is 8.08. The van der Waals surface area contributed by atoms with Crippen molar-refractivity contribution in [1.29, 1.82) is 0 Å². The van der Waals surface area contributed by atoms with E-state index in [0.717, 1.165) is 33.4 Å². The lowest BCUT2D eigenvalue weighted by Gasteiger charge is -2.13. The van der Waals surface area contributed by atoms with Crippen molar-refractivity contribution in [3.8, 4) is 45.5 Å². The van der Waals surface area contributed by atoms with Crippen LogP contribution in [0.4, 0.5) is 0 Å². The lowest BCUT2D eigenvalue weighted by molar-refractivity contribution is 1.07. The van der Waals surface area contributed by atoms with Gasteiger partial charge in [0, 0.05) is 49.3 Å². The second-order valence-corrected chi connectivity index (χ2v) is 13.7. The molecule has 3 heterocycles. The first-order chi connectivity index (χ1) is 26.8. The number of fused-ring (bicyclic) bond motifs is 7. The molecule has 252 valence electrons. The van der Waals surface area contributed by atoms with Gasteiger partial charge in [-0.25, -0.2) is 15.0 Å². The predicted octanol–water partition coefficient (Wildman–Crippen LogP) is 12.2. The van der Waals surface area contributed by atoms with Crippen LogP contribution in [-0.2, 0) is 0 Å². The standard InChI is InChI=1S/C49H31N5/c1-3-14-32(15-4-1)47-50-48(33-16-5-2-6-17-33)52-49(51-47)34-26-28-36(29-27-34)53-42-22-10-9-21-39(42)41-31-40-35(30-46(41)53)18-13-25-45(40)54-43-23-11-7-19-37(43)38-20-8-12-24-44(38)54/h1-31H. The molecule has 0 saturated carbocycles. The van der Waals surface area contributed by atoms with Gasteiger partial charge in [0.25, 0.3) is 0 Å². The summed E-state index contributed by atoms with van der Waals surface area (Å²) in [5, 5.41) is 7.36. The summed E-state index contributed by atoms with van der Waals surface area (Å²) in [6.07, 6.45) is 0. The summed E-state index contributed by atoms with van der Waals surface area (Å²) in [6.45, 7) is 0. The normalized spacial score (nSPS) is 11.7. The van der Waals surface area contributed by atoms with Gasteiger partial charge in [-0.05, 0) is 66.0 Å². The van der Waals surface area contributed by atoms with Crippen molar-refractivity contribution in [2.45, 2.75) is 0 Å². The number of benzene rings is 8. The Morgan fingerprint density at radius 1 is 0.296 bits per heavy atom. The fourth-order valence-corrected chi connectivity index (χ4v) is 8.08. The van der Waals surface area contributed by atoms with Gasteiger partial charge in [0.1, 0.15) is 0 Å². The van der Waals surface area contributed by atoms with Gasteiger partial charge in [0.05, 0.1) is 27.8 Å². The molecule has 0 aliphatic rings. The number of hydrogen-bond acceptors (Lipinski definition) is 3. The van der Waals surface area contributed by atoms with E-state index in [2.05, 4.69) is 137 Å². The first kappa shape index (κ1) is 30.3. The molecule has 0 atom stereocenters. The second-order valence-electron chi connectivity index (χ2n) is 13.7. The van der Waals surface area contributed by atoms with Crippen molar-refractivity contribution in [3.05, 3.63) is 188 Å². The van der Waals surface area contributed by atoms with E-state index in [4.69, 9.17) is 15.0 Å². The highest BCUT2D eigenvalue weighted by Crippen LogP contribution is 2.39. The Morgan fingerprint density at radius 2 is 0.759 bits per heavy atom. The van der Waals surface area contributed by atoms with Gasteiger partial charge in [0.2, 0.25) is 0 Å². The van der Waals surface area contributed by atoms with Crippen LogP contribution in [0.5, 0.6) is 0 Å². The molecular weight excluding hydrogens is 659 g/mol. The molecule has 0 aliphatic heterocycles. The largest absolute Gasteiger partial charge is 0.309 e. The van der Waals surface area contributed by atoms with E-state index in [1.54, 1.807) is 0 Å². The van der Waals surface area contributed by atoms with E-state index in [-0.39, 0.29) is 0 Å². The van der Waals surface area contributed by atoms with Gasteiger partial charge in [-0.1, -0.05) is 127 Å². The van der Waals surface area contributed by atoms with Crippen molar-refractivity contribution in [3.63, 3.8) is 0 Å². The average Bonchev–Trinajstić information content (AvgIpc) is 3.75. The summed E-state index contributed by atoms with van der Waals surface area (Å²) < 4.78 is 4.80. The van der Waals surface area contributed by atoms with Crippen LogP contribution in [0.15, 0.2) is 188 Å². The van der Waals surface area contributed by atoms with Crippen LogP contribution in [0.3, 0.4) is 0 Å². The molecule has 0 fully saturated rings. The van der Waals surface area contributed by atoms with E-state index < -0.39 is 0 Å². The van der Waals surface area contributed by atoms with Crippen molar-refractivity contribution < 1.29 is 0 Å². The smallest absolute Gasteiger partial charge is 0.164 e. The first-order valence-corrected chi connectivity index (χ1v) is 18.2. The molecule has 5 heteroatoms. The Hall–Kier alpha value is -7.37. The molecule has 0 amide bonds. The highest BCUT2D eigenvalue weighted by Gasteiger charge is 2.18. The Balaban J connectivity index is 1.08. The third-order valence-corrected chi connectivity index (χ3v) is 10.6. The number of aromatic nitrogens is 5. The molecule has 3 aromatic heterocycles. The molecule has 11 rings (SSSR count). The monoisotopic (exact) mass is 689 g/mol. The minimum absolute atomic E-state index is 0.639. The minimum Gasteiger partial charge on any atom is -0.309 e. The highest BCUT2D eigenvalue weighted by atomic mass is 15.0. The zero-order valence-corrected chi connectivity index (χ0v) is 29.1. The molecule has 0 N–H and O–H groups in total. The molecule has 0 bridgehead atoms. The molecule has 11 aromatic rings. The Morgan fingerprint density at radius 3 is 1.31 bits per heavy atom. The molecule has 54 heavy (non-hydrogen) atoms. The van der Waals surface area contributed by atoms with E-state index in [1.165, 1.54) is 49.0 Å². The van der Waals surface area contributed by atoms with Crippen LogP contribution in [0, 0.1) is 0 Å². The first-order valence-electron chi connectivity index (χ1n) is 18.2. The topological polar surface area (TPSA) is 48.5 Å². The quantitative estimate of drug-likeness (QED) is 0.181. The van der Waals surface area contributed by atoms with Gasteiger partial charge in [-0.15, -0.1) is 0 Å². The summed E-state index contributed by atoms with van der Waals surface area (Å²) in [4.78, 5) is 14.8. The molecule has 0 spiro atoms. The van der Waals surface area contributed by atoms with Gasteiger partial charge in [0.15, 0.2) is 17.5 Å². The summed E-state index contributed by atoms with van der Waals surface area (Å²) in [7, 11) is 0. The fraction of sp³-hybridized carbons (Fsp3) is 0. The van der Waals surface area contributed by atoms with Crippen molar-refractivity contribution in [1.82, 2.24) is 24.1 Å². The SMILES string of the molecule is c1ccc(-c2nc(-c3ccccc3)nc(-c3ccc(-n4c5ccccc5c5cc6c(-n7c8ccccc8c8ccccc87)cccc6cc54)cc3)n2)cc1. The third-order valence-electron chi connectivity index (χ3n) is 10.6. The number of nitrogens with zero attached hydrogens (tertiary/aromatic N) is 5. The lowest BCUT2D eigenvalue weighted by Crippen LogP contribution is -2.00. The Labute approximate surface area is 311 Å². The van der Waals surface area contributed by atoms with Crippen LogP contribution in [-0.4, -0.2) is 24.1 Å². The van der Waals surface area contributed by atoms with Crippen LogP contribution in [0.1, 0.15) is 0 Å². The van der Waals surface area contributed by atoms with E-state index in [1.807, 2.05) is 60.7 Å². The summed E-state index contributed by atoms with van der Waals surface area (Å²) in [5.74, 6) is 1.94. The number of para-hydroxylation sites is 3. The zero-order chi connectivity index (χ0) is 35.6. The molecule has 0 radical (unpaired) electrons. The maximum Gasteiger partial charge on any atom is 0.164 e.